The number of hydrogen-bond acceptors (Lipinski definition) is 3. The minimum absolute atomic E-state index is 0.127. The van der Waals surface area contributed by atoms with Crippen LogP contribution in [0.25, 0.3) is 0 Å². The lowest BCUT2D eigenvalue weighted by molar-refractivity contribution is -0.149. The molecule has 0 spiro atoms. The molecular weight excluding hydrogens is 364 g/mol. The van der Waals surface area contributed by atoms with Gasteiger partial charge in [-0.15, -0.1) is 0 Å². The summed E-state index contributed by atoms with van der Waals surface area (Å²) < 4.78 is 5.55. The van der Waals surface area contributed by atoms with Gasteiger partial charge in [0.05, 0.1) is 0 Å². The first-order valence-corrected chi connectivity index (χ1v) is 11.1. The van der Waals surface area contributed by atoms with Gasteiger partial charge in [-0.2, -0.15) is 0 Å². The fourth-order valence-electron chi connectivity index (χ4n) is 2.72. The Balaban J connectivity index is 3.93. The largest absolute Gasteiger partial charge is 0.481 e. The van der Waals surface area contributed by atoms with Crippen molar-refractivity contribution in [3.63, 3.8) is 0 Å². The van der Waals surface area contributed by atoms with Crippen molar-refractivity contribution in [1.29, 1.82) is 0 Å². The first-order chi connectivity index (χ1) is 14.1. The SMILES string of the molecule is CC/C=C\C/C=C\C/C=C\C/C=C\CCC(=O)OC(CCCC)CCCC(=O)O. The van der Waals surface area contributed by atoms with Gasteiger partial charge in [0.1, 0.15) is 6.10 Å². The average molecular weight is 405 g/mol. The molecular formula is C25H40O4. The maximum Gasteiger partial charge on any atom is 0.306 e. The van der Waals surface area contributed by atoms with Gasteiger partial charge < -0.3 is 9.84 Å². The first kappa shape index (κ1) is 26.9. The Morgan fingerprint density at radius 3 is 1.90 bits per heavy atom. The van der Waals surface area contributed by atoms with Crippen molar-refractivity contribution in [3.05, 3.63) is 48.6 Å². The number of rotatable bonds is 18. The van der Waals surface area contributed by atoms with Crippen molar-refractivity contribution in [3.8, 4) is 0 Å². The molecule has 0 aromatic carbocycles. The summed E-state index contributed by atoms with van der Waals surface area (Å²) in [4.78, 5) is 22.7. The maximum atomic E-state index is 12.0. The number of carbonyl (C=O) groups is 2. The van der Waals surface area contributed by atoms with Gasteiger partial charge in [0.2, 0.25) is 0 Å². The molecule has 0 saturated carbocycles. The Morgan fingerprint density at radius 1 is 0.793 bits per heavy atom. The van der Waals surface area contributed by atoms with Gasteiger partial charge >= 0.3 is 11.9 Å². The molecule has 0 aromatic rings. The molecule has 29 heavy (non-hydrogen) atoms. The van der Waals surface area contributed by atoms with E-state index >= 15 is 0 Å². The second-order valence-electron chi connectivity index (χ2n) is 7.08. The summed E-state index contributed by atoms with van der Waals surface area (Å²) in [7, 11) is 0. The van der Waals surface area contributed by atoms with Crippen LogP contribution in [0, 0.1) is 0 Å². The van der Waals surface area contributed by atoms with E-state index in [1.807, 2.05) is 6.08 Å². The van der Waals surface area contributed by atoms with Gasteiger partial charge in [0.15, 0.2) is 0 Å². The normalized spacial score (nSPS) is 13.2. The van der Waals surface area contributed by atoms with Crippen LogP contribution in [-0.4, -0.2) is 23.1 Å². The van der Waals surface area contributed by atoms with E-state index in [1.165, 1.54) is 0 Å². The summed E-state index contributed by atoms with van der Waals surface area (Å²) >= 11 is 0. The van der Waals surface area contributed by atoms with Crippen molar-refractivity contribution >= 4 is 11.9 Å². The molecule has 0 aliphatic rings. The zero-order valence-corrected chi connectivity index (χ0v) is 18.4. The summed E-state index contributed by atoms with van der Waals surface area (Å²) in [5, 5.41) is 8.75. The maximum absolute atomic E-state index is 12.0. The Hall–Kier alpha value is -2.10. The molecule has 0 aliphatic heterocycles. The number of ether oxygens (including phenoxy) is 1. The summed E-state index contributed by atoms with van der Waals surface area (Å²) in [5.74, 6) is -0.992. The fourth-order valence-corrected chi connectivity index (χ4v) is 2.72. The lowest BCUT2D eigenvalue weighted by atomic mass is 10.1. The quantitative estimate of drug-likeness (QED) is 0.199. The number of unbranched alkanes of at least 4 members (excludes halogenated alkanes) is 1. The summed E-state index contributed by atoms with van der Waals surface area (Å²) in [5.41, 5.74) is 0. The lowest BCUT2D eigenvalue weighted by Gasteiger charge is -2.17. The van der Waals surface area contributed by atoms with E-state index in [0.717, 1.165) is 44.9 Å². The molecule has 0 radical (unpaired) electrons. The molecule has 0 rings (SSSR count). The monoisotopic (exact) mass is 404 g/mol. The van der Waals surface area contributed by atoms with Crippen LogP contribution in [0.1, 0.15) is 90.9 Å². The minimum atomic E-state index is -0.801. The highest BCUT2D eigenvalue weighted by Gasteiger charge is 2.14. The van der Waals surface area contributed by atoms with Crippen LogP contribution in [0.4, 0.5) is 0 Å². The lowest BCUT2D eigenvalue weighted by Crippen LogP contribution is -2.18. The zero-order valence-electron chi connectivity index (χ0n) is 18.4. The van der Waals surface area contributed by atoms with E-state index in [1.54, 1.807) is 0 Å². The molecule has 1 N–H and O–H groups in total. The summed E-state index contributed by atoms with van der Waals surface area (Å²) in [6.07, 6.45) is 26.0. The van der Waals surface area contributed by atoms with Gasteiger partial charge in [-0.05, 0) is 51.4 Å². The van der Waals surface area contributed by atoms with Crippen molar-refractivity contribution in [2.24, 2.45) is 0 Å². The molecule has 1 unspecified atom stereocenters. The Kier molecular flexibility index (Phi) is 19.1. The molecule has 4 nitrogen and oxygen atoms in total. The van der Waals surface area contributed by atoms with E-state index in [-0.39, 0.29) is 18.5 Å². The number of carboxylic acids is 1. The summed E-state index contributed by atoms with van der Waals surface area (Å²) in [6, 6.07) is 0. The van der Waals surface area contributed by atoms with Crippen LogP contribution in [-0.2, 0) is 14.3 Å². The van der Waals surface area contributed by atoms with Gasteiger partial charge in [0.25, 0.3) is 0 Å². The molecule has 164 valence electrons. The van der Waals surface area contributed by atoms with Crippen LogP contribution >= 0.6 is 0 Å². The van der Waals surface area contributed by atoms with E-state index in [2.05, 4.69) is 56.4 Å². The molecule has 0 heterocycles. The van der Waals surface area contributed by atoms with Crippen molar-refractivity contribution in [2.75, 3.05) is 0 Å². The fraction of sp³-hybridized carbons (Fsp3) is 0.600. The molecule has 1 atom stereocenters. The third-order valence-corrected chi connectivity index (χ3v) is 4.33. The Bertz CT molecular complexity index is 529. The van der Waals surface area contributed by atoms with Crippen molar-refractivity contribution < 1.29 is 19.4 Å². The molecule has 0 aliphatic carbocycles. The van der Waals surface area contributed by atoms with E-state index < -0.39 is 5.97 Å². The van der Waals surface area contributed by atoms with E-state index in [9.17, 15) is 9.59 Å². The molecule has 0 bridgehead atoms. The number of aliphatic carboxylic acids is 1. The molecule has 0 aromatic heterocycles. The highest BCUT2D eigenvalue weighted by atomic mass is 16.5. The predicted molar refractivity (Wildman–Crippen MR) is 121 cm³/mol. The van der Waals surface area contributed by atoms with Gasteiger partial charge in [-0.1, -0.05) is 75.3 Å². The van der Waals surface area contributed by atoms with Crippen molar-refractivity contribution in [1.82, 2.24) is 0 Å². The second kappa shape index (κ2) is 20.6. The molecule has 0 fully saturated rings. The highest BCUT2D eigenvalue weighted by molar-refractivity contribution is 5.69. The van der Waals surface area contributed by atoms with Crippen LogP contribution in [0.2, 0.25) is 0 Å². The summed E-state index contributed by atoms with van der Waals surface area (Å²) in [6.45, 7) is 4.23. The third-order valence-electron chi connectivity index (χ3n) is 4.33. The third kappa shape index (κ3) is 20.4. The van der Waals surface area contributed by atoms with E-state index in [4.69, 9.17) is 9.84 Å². The smallest absolute Gasteiger partial charge is 0.306 e. The number of hydrogen-bond donors (Lipinski definition) is 1. The molecule has 4 heteroatoms. The molecule has 0 saturated heterocycles. The van der Waals surface area contributed by atoms with Gasteiger partial charge in [-0.25, -0.2) is 0 Å². The Labute approximate surface area is 177 Å². The average Bonchev–Trinajstić information content (AvgIpc) is 2.69. The number of carboxylic acid groups (broad SMARTS) is 1. The minimum Gasteiger partial charge on any atom is -0.481 e. The van der Waals surface area contributed by atoms with E-state index in [0.29, 0.717) is 25.7 Å². The standard InChI is InChI=1S/C25H40O4/c1-3-5-7-8-9-10-11-12-13-14-15-16-17-22-25(28)29-23(19-6-4-2)20-18-21-24(26)27/h5,7,9-10,12-13,15-16,23H,3-4,6,8,11,14,17-22H2,1-2H3,(H,26,27)/b7-5-,10-9-,13-12-,16-15-. The number of carbonyl (C=O) groups excluding carboxylic acids is 1. The zero-order chi connectivity index (χ0) is 21.6. The van der Waals surface area contributed by atoms with Crippen LogP contribution in [0.15, 0.2) is 48.6 Å². The van der Waals surface area contributed by atoms with Crippen LogP contribution in [0.5, 0.6) is 0 Å². The highest BCUT2D eigenvalue weighted by Crippen LogP contribution is 2.14. The van der Waals surface area contributed by atoms with Gasteiger partial charge in [-0.3, -0.25) is 9.59 Å². The van der Waals surface area contributed by atoms with Crippen molar-refractivity contribution in [2.45, 2.75) is 97.0 Å². The number of allylic oxidation sites excluding steroid dienone is 8. The number of esters is 1. The topological polar surface area (TPSA) is 63.6 Å². The van der Waals surface area contributed by atoms with Crippen LogP contribution < -0.4 is 0 Å². The van der Waals surface area contributed by atoms with Crippen LogP contribution in [0.3, 0.4) is 0 Å². The molecule has 0 amide bonds. The Morgan fingerprint density at radius 2 is 1.34 bits per heavy atom. The van der Waals surface area contributed by atoms with Gasteiger partial charge in [0, 0.05) is 12.8 Å². The second-order valence-corrected chi connectivity index (χ2v) is 7.08. The first-order valence-electron chi connectivity index (χ1n) is 11.1. The predicted octanol–water partition coefficient (Wildman–Crippen LogP) is 6.93.